The summed E-state index contributed by atoms with van der Waals surface area (Å²) in [7, 11) is 0. The molecular formula is C17H26N2O. The molecule has 1 aromatic rings. The lowest BCUT2D eigenvalue weighted by Crippen LogP contribution is -2.47. The molecule has 2 aliphatic rings. The molecule has 20 heavy (non-hydrogen) atoms. The van der Waals surface area contributed by atoms with E-state index in [9.17, 15) is 0 Å². The Morgan fingerprint density at radius 1 is 1.10 bits per heavy atom. The summed E-state index contributed by atoms with van der Waals surface area (Å²) in [6.07, 6.45) is 5.34. The zero-order chi connectivity index (χ0) is 13.9. The Labute approximate surface area is 122 Å². The minimum atomic E-state index is 0.134. The minimum absolute atomic E-state index is 0.134. The summed E-state index contributed by atoms with van der Waals surface area (Å²) in [5.74, 6) is 0. The smallest absolute Gasteiger partial charge is 0.0681 e. The van der Waals surface area contributed by atoms with Crippen LogP contribution in [0.15, 0.2) is 24.3 Å². The number of benzene rings is 1. The molecule has 0 amide bonds. The summed E-state index contributed by atoms with van der Waals surface area (Å²) in [6, 6.07) is 10.6. The monoisotopic (exact) mass is 274 g/mol. The minimum Gasteiger partial charge on any atom is -0.392 e. The maximum Gasteiger partial charge on any atom is 0.0681 e. The van der Waals surface area contributed by atoms with Crippen LogP contribution in [0, 0.1) is 0 Å². The normalized spacial score (nSPS) is 29.1. The van der Waals surface area contributed by atoms with Crippen LogP contribution < -0.4 is 5.32 Å². The van der Waals surface area contributed by atoms with E-state index >= 15 is 0 Å². The summed E-state index contributed by atoms with van der Waals surface area (Å²) >= 11 is 0. The highest BCUT2D eigenvalue weighted by atomic mass is 16.3. The van der Waals surface area contributed by atoms with Crippen molar-refractivity contribution in [2.45, 2.75) is 63.9 Å². The zero-order valence-electron chi connectivity index (χ0n) is 12.4. The Morgan fingerprint density at radius 2 is 1.70 bits per heavy atom. The van der Waals surface area contributed by atoms with E-state index in [-0.39, 0.29) is 6.61 Å². The van der Waals surface area contributed by atoms with E-state index in [1.54, 1.807) is 0 Å². The van der Waals surface area contributed by atoms with Gasteiger partial charge in [0.15, 0.2) is 0 Å². The van der Waals surface area contributed by atoms with Gasteiger partial charge in [-0.1, -0.05) is 31.2 Å². The van der Waals surface area contributed by atoms with Crippen molar-refractivity contribution in [3.63, 3.8) is 0 Å². The number of hydrogen-bond acceptors (Lipinski definition) is 3. The Balaban J connectivity index is 1.64. The fraction of sp³-hybridized carbons (Fsp3) is 0.647. The number of rotatable bonds is 5. The fourth-order valence-electron chi connectivity index (χ4n) is 3.81. The Hall–Kier alpha value is -0.900. The van der Waals surface area contributed by atoms with Crippen molar-refractivity contribution >= 4 is 0 Å². The molecule has 110 valence electrons. The van der Waals surface area contributed by atoms with Gasteiger partial charge in [-0.3, -0.25) is 4.90 Å². The van der Waals surface area contributed by atoms with Gasteiger partial charge in [0.2, 0.25) is 0 Å². The Bertz CT molecular complexity index is 419. The highest BCUT2D eigenvalue weighted by Gasteiger charge is 2.35. The van der Waals surface area contributed by atoms with Gasteiger partial charge in [-0.25, -0.2) is 0 Å². The molecule has 0 spiro atoms. The van der Waals surface area contributed by atoms with Crippen molar-refractivity contribution in [2.24, 2.45) is 0 Å². The first-order valence-electron chi connectivity index (χ1n) is 7.97. The number of fused-ring (bicyclic) bond motifs is 2. The fourth-order valence-corrected chi connectivity index (χ4v) is 3.81. The van der Waals surface area contributed by atoms with Crippen LogP contribution in [0.4, 0.5) is 0 Å². The van der Waals surface area contributed by atoms with Crippen molar-refractivity contribution < 1.29 is 5.11 Å². The second-order valence-corrected chi connectivity index (χ2v) is 6.30. The standard InChI is InChI=1S/C17H26N2O/c1-2-19(11-13-3-5-14(12-20)6-4-13)17-9-15-7-8-16(10-17)18-15/h3-6,15-18,20H,2,7-12H2,1H3. The SMILES string of the molecule is CCN(Cc1ccc(CO)cc1)C1CC2CCC(C1)N2. The molecule has 2 saturated heterocycles. The van der Waals surface area contributed by atoms with Crippen LogP contribution in [0.5, 0.6) is 0 Å². The maximum atomic E-state index is 9.11. The molecule has 2 fully saturated rings. The molecule has 3 rings (SSSR count). The Kier molecular flexibility index (Phi) is 4.39. The van der Waals surface area contributed by atoms with Gasteiger partial charge in [0.25, 0.3) is 0 Å². The molecule has 2 atom stereocenters. The summed E-state index contributed by atoms with van der Waals surface area (Å²) in [5, 5.41) is 12.8. The van der Waals surface area contributed by atoms with Gasteiger partial charge in [0, 0.05) is 24.7 Å². The maximum absolute atomic E-state index is 9.11. The van der Waals surface area contributed by atoms with Crippen LogP contribution >= 0.6 is 0 Å². The molecule has 0 aliphatic carbocycles. The van der Waals surface area contributed by atoms with E-state index in [4.69, 9.17) is 5.11 Å². The third kappa shape index (κ3) is 3.05. The van der Waals surface area contributed by atoms with Gasteiger partial charge >= 0.3 is 0 Å². The van der Waals surface area contributed by atoms with Gasteiger partial charge in [-0.2, -0.15) is 0 Å². The molecule has 0 aromatic heterocycles. The number of hydrogen-bond donors (Lipinski definition) is 2. The third-order valence-corrected chi connectivity index (χ3v) is 4.96. The van der Waals surface area contributed by atoms with Crippen LogP contribution in [-0.4, -0.2) is 34.7 Å². The molecule has 0 radical (unpaired) electrons. The van der Waals surface area contributed by atoms with E-state index in [1.807, 2.05) is 12.1 Å². The van der Waals surface area contributed by atoms with E-state index in [1.165, 1.54) is 31.2 Å². The highest BCUT2D eigenvalue weighted by Crippen LogP contribution is 2.30. The molecule has 2 N–H and O–H groups in total. The summed E-state index contributed by atoms with van der Waals surface area (Å²) in [4.78, 5) is 2.63. The van der Waals surface area contributed by atoms with Crippen LogP contribution in [0.2, 0.25) is 0 Å². The van der Waals surface area contributed by atoms with Gasteiger partial charge < -0.3 is 10.4 Å². The molecule has 0 saturated carbocycles. The summed E-state index contributed by atoms with van der Waals surface area (Å²) in [6.45, 7) is 4.56. The molecule has 3 heteroatoms. The summed E-state index contributed by atoms with van der Waals surface area (Å²) < 4.78 is 0. The highest BCUT2D eigenvalue weighted by molar-refractivity contribution is 5.22. The van der Waals surface area contributed by atoms with Crippen LogP contribution in [0.25, 0.3) is 0 Å². The zero-order valence-corrected chi connectivity index (χ0v) is 12.4. The first-order chi connectivity index (χ1) is 9.78. The number of aliphatic hydroxyl groups excluding tert-OH is 1. The average Bonchev–Trinajstić information content (AvgIpc) is 2.83. The van der Waals surface area contributed by atoms with Gasteiger partial charge in [-0.05, 0) is 43.4 Å². The lowest BCUT2D eigenvalue weighted by Gasteiger charge is -2.37. The lowest BCUT2D eigenvalue weighted by atomic mass is 9.97. The summed E-state index contributed by atoms with van der Waals surface area (Å²) in [5.41, 5.74) is 2.35. The van der Waals surface area contributed by atoms with Crippen LogP contribution in [0.1, 0.15) is 43.7 Å². The van der Waals surface area contributed by atoms with Crippen molar-refractivity contribution in [2.75, 3.05) is 6.54 Å². The van der Waals surface area contributed by atoms with Gasteiger partial charge in [0.1, 0.15) is 0 Å². The van der Waals surface area contributed by atoms with Crippen LogP contribution in [0.3, 0.4) is 0 Å². The van der Waals surface area contributed by atoms with Crippen molar-refractivity contribution in [3.05, 3.63) is 35.4 Å². The number of nitrogens with one attached hydrogen (secondary N) is 1. The topological polar surface area (TPSA) is 35.5 Å². The van der Waals surface area contributed by atoms with Gasteiger partial charge in [0.05, 0.1) is 6.61 Å². The van der Waals surface area contributed by atoms with E-state index < -0.39 is 0 Å². The second kappa shape index (κ2) is 6.25. The van der Waals surface area contributed by atoms with E-state index in [2.05, 4.69) is 29.3 Å². The molecule has 3 nitrogen and oxygen atoms in total. The van der Waals surface area contributed by atoms with Crippen molar-refractivity contribution in [1.82, 2.24) is 10.2 Å². The average molecular weight is 274 g/mol. The Morgan fingerprint density at radius 3 is 2.25 bits per heavy atom. The molecule has 2 aliphatic heterocycles. The molecular weight excluding hydrogens is 248 g/mol. The molecule has 2 unspecified atom stereocenters. The van der Waals surface area contributed by atoms with Crippen molar-refractivity contribution in [3.8, 4) is 0 Å². The number of piperidine rings is 1. The predicted molar refractivity (Wildman–Crippen MR) is 81.4 cm³/mol. The quantitative estimate of drug-likeness (QED) is 0.865. The largest absolute Gasteiger partial charge is 0.392 e. The lowest BCUT2D eigenvalue weighted by molar-refractivity contribution is 0.140. The number of aliphatic hydroxyl groups is 1. The van der Waals surface area contributed by atoms with Gasteiger partial charge in [-0.15, -0.1) is 0 Å². The van der Waals surface area contributed by atoms with E-state index in [0.29, 0.717) is 0 Å². The predicted octanol–water partition coefficient (Wildman–Crippen LogP) is 2.28. The third-order valence-electron chi connectivity index (χ3n) is 4.96. The second-order valence-electron chi connectivity index (χ2n) is 6.30. The number of nitrogens with zero attached hydrogens (tertiary/aromatic N) is 1. The first-order valence-corrected chi connectivity index (χ1v) is 7.97. The molecule has 2 heterocycles. The van der Waals surface area contributed by atoms with Crippen LogP contribution in [-0.2, 0) is 13.2 Å². The van der Waals surface area contributed by atoms with E-state index in [0.717, 1.165) is 36.8 Å². The first kappa shape index (κ1) is 14.1. The molecule has 1 aromatic carbocycles. The van der Waals surface area contributed by atoms with Crippen molar-refractivity contribution in [1.29, 1.82) is 0 Å². The molecule has 2 bridgehead atoms.